The van der Waals surface area contributed by atoms with Gasteiger partial charge in [-0.1, -0.05) is 26.0 Å². The van der Waals surface area contributed by atoms with Crippen molar-refractivity contribution >= 4 is 33.8 Å². The molecule has 0 aliphatic carbocycles. The molecule has 132 valence electrons. The van der Waals surface area contributed by atoms with E-state index in [1.807, 2.05) is 12.1 Å². The number of amides is 2. The highest BCUT2D eigenvalue weighted by atomic mass is 32.1. The molecule has 0 aliphatic heterocycles. The first-order valence-electron chi connectivity index (χ1n) is 8.25. The maximum atomic E-state index is 12.5. The number of carbonyl (C=O) groups excluding carboxylic acids is 2. The summed E-state index contributed by atoms with van der Waals surface area (Å²) in [4.78, 5) is 28.9. The van der Waals surface area contributed by atoms with Crippen LogP contribution in [-0.4, -0.2) is 16.8 Å². The van der Waals surface area contributed by atoms with Crippen molar-refractivity contribution in [1.29, 1.82) is 0 Å². The number of benzene rings is 1. The molecule has 0 aliphatic rings. The molecule has 3 rings (SSSR count). The largest absolute Gasteiger partial charge is 0.320 e. The minimum Gasteiger partial charge on any atom is -0.320 e. The summed E-state index contributed by atoms with van der Waals surface area (Å²) in [6.07, 6.45) is 3.20. The van der Waals surface area contributed by atoms with Gasteiger partial charge < -0.3 is 10.6 Å². The summed E-state index contributed by atoms with van der Waals surface area (Å²) >= 11 is 1.31. The van der Waals surface area contributed by atoms with E-state index < -0.39 is 0 Å². The van der Waals surface area contributed by atoms with Gasteiger partial charge in [-0.15, -0.1) is 11.3 Å². The summed E-state index contributed by atoms with van der Waals surface area (Å²) in [7, 11) is 0. The van der Waals surface area contributed by atoms with Crippen LogP contribution in [0.4, 0.5) is 10.7 Å². The van der Waals surface area contributed by atoms with Gasteiger partial charge in [-0.2, -0.15) is 0 Å². The Morgan fingerprint density at radius 2 is 1.77 bits per heavy atom. The van der Waals surface area contributed by atoms with Gasteiger partial charge in [-0.05, 0) is 47.2 Å². The summed E-state index contributed by atoms with van der Waals surface area (Å²) in [6.45, 7) is 4.21. The SMILES string of the molecule is CC(C)c1ccc(C(=O)Nc2sccc2C(=O)Nc2cccnc2)cc1. The Morgan fingerprint density at radius 3 is 2.42 bits per heavy atom. The summed E-state index contributed by atoms with van der Waals surface area (Å²) in [6, 6.07) is 12.7. The van der Waals surface area contributed by atoms with E-state index in [0.29, 0.717) is 27.7 Å². The molecule has 2 heterocycles. The van der Waals surface area contributed by atoms with Crippen LogP contribution in [0.25, 0.3) is 0 Å². The molecular formula is C20H19N3O2S. The Morgan fingerprint density at radius 1 is 1.00 bits per heavy atom. The number of nitrogens with one attached hydrogen (secondary N) is 2. The molecule has 0 atom stereocenters. The maximum absolute atomic E-state index is 12.5. The van der Waals surface area contributed by atoms with Crippen molar-refractivity contribution in [2.45, 2.75) is 19.8 Å². The normalized spacial score (nSPS) is 10.6. The van der Waals surface area contributed by atoms with Gasteiger partial charge in [-0.25, -0.2) is 0 Å². The third-order valence-corrected chi connectivity index (χ3v) is 4.73. The van der Waals surface area contributed by atoms with Crippen LogP contribution in [0.3, 0.4) is 0 Å². The van der Waals surface area contributed by atoms with Crippen LogP contribution in [0.2, 0.25) is 0 Å². The number of pyridine rings is 1. The third-order valence-electron chi connectivity index (χ3n) is 3.90. The topological polar surface area (TPSA) is 71.1 Å². The van der Waals surface area contributed by atoms with E-state index in [1.54, 1.807) is 48.1 Å². The van der Waals surface area contributed by atoms with Crippen molar-refractivity contribution in [2.75, 3.05) is 10.6 Å². The molecule has 0 spiro atoms. The highest BCUT2D eigenvalue weighted by molar-refractivity contribution is 7.14. The van der Waals surface area contributed by atoms with E-state index in [9.17, 15) is 9.59 Å². The molecule has 1 aromatic carbocycles. The molecule has 0 bridgehead atoms. The van der Waals surface area contributed by atoms with E-state index >= 15 is 0 Å². The zero-order chi connectivity index (χ0) is 18.5. The molecule has 2 N–H and O–H groups in total. The molecule has 3 aromatic rings. The number of thiophene rings is 1. The van der Waals surface area contributed by atoms with E-state index in [-0.39, 0.29) is 11.8 Å². The van der Waals surface area contributed by atoms with Gasteiger partial charge in [0.05, 0.1) is 17.4 Å². The number of carbonyl (C=O) groups is 2. The number of hydrogen-bond donors (Lipinski definition) is 2. The Hall–Kier alpha value is -2.99. The molecule has 5 nitrogen and oxygen atoms in total. The Balaban J connectivity index is 1.72. The minimum atomic E-state index is -0.287. The fourth-order valence-corrected chi connectivity index (χ4v) is 3.19. The van der Waals surface area contributed by atoms with E-state index in [2.05, 4.69) is 29.5 Å². The van der Waals surface area contributed by atoms with Crippen LogP contribution in [-0.2, 0) is 0 Å². The first-order valence-corrected chi connectivity index (χ1v) is 9.12. The first kappa shape index (κ1) is 17.8. The van der Waals surface area contributed by atoms with Crippen LogP contribution < -0.4 is 10.6 Å². The molecule has 0 radical (unpaired) electrons. The summed E-state index contributed by atoms with van der Waals surface area (Å²) in [5.41, 5.74) is 2.76. The molecule has 2 amide bonds. The average Bonchev–Trinajstić information content (AvgIpc) is 3.11. The van der Waals surface area contributed by atoms with Gasteiger partial charge in [0.25, 0.3) is 11.8 Å². The second-order valence-corrected chi connectivity index (χ2v) is 7.01. The minimum absolute atomic E-state index is 0.238. The van der Waals surface area contributed by atoms with Gasteiger partial charge in [0.1, 0.15) is 5.00 Å². The lowest BCUT2D eigenvalue weighted by molar-refractivity contribution is 0.102. The van der Waals surface area contributed by atoms with Crippen LogP contribution in [0.15, 0.2) is 60.2 Å². The number of rotatable bonds is 5. The van der Waals surface area contributed by atoms with Gasteiger partial charge in [0.15, 0.2) is 0 Å². The average molecular weight is 365 g/mol. The predicted molar refractivity (Wildman–Crippen MR) is 105 cm³/mol. The number of hydrogen-bond acceptors (Lipinski definition) is 4. The first-order chi connectivity index (χ1) is 12.5. The zero-order valence-electron chi connectivity index (χ0n) is 14.5. The Bertz CT molecular complexity index is 902. The van der Waals surface area contributed by atoms with E-state index in [0.717, 1.165) is 0 Å². The maximum Gasteiger partial charge on any atom is 0.258 e. The molecular weight excluding hydrogens is 346 g/mol. The fraction of sp³-hybridized carbons (Fsp3) is 0.150. The van der Waals surface area contributed by atoms with Crippen LogP contribution >= 0.6 is 11.3 Å². The molecule has 2 aromatic heterocycles. The quantitative estimate of drug-likeness (QED) is 0.684. The summed E-state index contributed by atoms with van der Waals surface area (Å²) in [5, 5.41) is 7.89. The lowest BCUT2D eigenvalue weighted by Crippen LogP contribution is -2.16. The number of anilines is 2. The van der Waals surface area contributed by atoms with Crippen molar-refractivity contribution in [3.05, 3.63) is 76.9 Å². The van der Waals surface area contributed by atoms with Gasteiger partial charge >= 0.3 is 0 Å². The van der Waals surface area contributed by atoms with Crippen LogP contribution in [0.1, 0.15) is 46.0 Å². The van der Waals surface area contributed by atoms with Crippen LogP contribution in [0.5, 0.6) is 0 Å². The van der Waals surface area contributed by atoms with E-state index in [1.165, 1.54) is 16.9 Å². The van der Waals surface area contributed by atoms with E-state index in [4.69, 9.17) is 0 Å². The molecule has 0 saturated carbocycles. The molecule has 0 saturated heterocycles. The van der Waals surface area contributed by atoms with Crippen molar-refractivity contribution in [1.82, 2.24) is 4.98 Å². The van der Waals surface area contributed by atoms with Gasteiger partial charge in [-0.3, -0.25) is 14.6 Å². The zero-order valence-corrected chi connectivity index (χ0v) is 15.3. The van der Waals surface area contributed by atoms with Gasteiger partial charge in [0, 0.05) is 11.8 Å². The predicted octanol–water partition coefficient (Wildman–Crippen LogP) is 4.77. The van der Waals surface area contributed by atoms with Crippen molar-refractivity contribution in [3.63, 3.8) is 0 Å². The highest BCUT2D eigenvalue weighted by Gasteiger charge is 2.16. The fourth-order valence-electron chi connectivity index (χ4n) is 2.41. The molecule has 26 heavy (non-hydrogen) atoms. The number of nitrogens with zero attached hydrogens (tertiary/aromatic N) is 1. The van der Waals surface area contributed by atoms with Crippen molar-refractivity contribution in [3.8, 4) is 0 Å². The number of aromatic nitrogens is 1. The monoisotopic (exact) mass is 365 g/mol. The summed E-state index contributed by atoms with van der Waals surface area (Å²) < 4.78 is 0. The molecule has 0 unspecified atom stereocenters. The highest BCUT2D eigenvalue weighted by Crippen LogP contribution is 2.25. The second kappa shape index (κ2) is 7.93. The Kier molecular flexibility index (Phi) is 5.43. The Labute approximate surface area is 156 Å². The van der Waals surface area contributed by atoms with Gasteiger partial charge in [0.2, 0.25) is 0 Å². The van der Waals surface area contributed by atoms with Crippen molar-refractivity contribution < 1.29 is 9.59 Å². The summed E-state index contributed by atoms with van der Waals surface area (Å²) in [5.74, 6) is -0.116. The molecule has 6 heteroatoms. The van der Waals surface area contributed by atoms with Crippen molar-refractivity contribution in [2.24, 2.45) is 0 Å². The lowest BCUT2D eigenvalue weighted by Gasteiger charge is -2.09. The van der Waals surface area contributed by atoms with Crippen LogP contribution in [0, 0.1) is 0 Å². The smallest absolute Gasteiger partial charge is 0.258 e. The lowest BCUT2D eigenvalue weighted by atomic mass is 10.0. The second-order valence-electron chi connectivity index (χ2n) is 6.09. The third kappa shape index (κ3) is 4.15. The standard InChI is InChI=1S/C20H19N3O2S/c1-13(2)14-5-7-15(8-6-14)18(24)23-20-17(9-11-26-20)19(25)22-16-4-3-10-21-12-16/h3-13H,1-2H3,(H,22,25)(H,23,24). The molecule has 0 fully saturated rings.